The van der Waals surface area contributed by atoms with E-state index in [9.17, 15) is 18.0 Å². The number of benzene rings is 2. The van der Waals surface area contributed by atoms with E-state index in [2.05, 4.69) is 16.2 Å². The van der Waals surface area contributed by atoms with Crippen LogP contribution in [0.3, 0.4) is 0 Å². The van der Waals surface area contributed by atoms with E-state index in [0.29, 0.717) is 0 Å². The lowest BCUT2D eigenvalue weighted by Gasteiger charge is -2.13. The van der Waals surface area contributed by atoms with Crippen LogP contribution < -0.4 is 16.2 Å². The van der Waals surface area contributed by atoms with Crippen molar-refractivity contribution in [2.24, 2.45) is 0 Å². The first kappa shape index (κ1) is 20.4. The summed E-state index contributed by atoms with van der Waals surface area (Å²) >= 11 is 5.11. The van der Waals surface area contributed by atoms with Crippen LogP contribution in [0.15, 0.2) is 48.5 Å². The molecule has 0 bridgehead atoms. The molecule has 2 aromatic rings. The Morgan fingerprint density at radius 1 is 1.07 bits per heavy atom. The van der Waals surface area contributed by atoms with Gasteiger partial charge < -0.3 is 5.32 Å². The number of hydrogen-bond donors (Lipinski definition) is 3. The first-order valence-corrected chi connectivity index (χ1v) is 8.36. The van der Waals surface area contributed by atoms with Gasteiger partial charge in [-0.25, -0.2) is 0 Å². The third-order valence-corrected chi connectivity index (χ3v) is 4.00. The van der Waals surface area contributed by atoms with Crippen LogP contribution in [0.1, 0.15) is 22.3 Å². The molecule has 0 aliphatic carbocycles. The van der Waals surface area contributed by atoms with Crippen LogP contribution in [0.4, 0.5) is 18.9 Å². The van der Waals surface area contributed by atoms with Crippen molar-refractivity contribution in [3.8, 4) is 0 Å². The number of hydrogen-bond acceptors (Lipinski definition) is 2. The van der Waals surface area contributed by atoms with E-state index in [1.807, 2.05) is 32.0 Å². The molecule has 2 rings (SSSR count). The SMILES string of the molecule is Cc1cccc(NC(=S)NNC(=O)/C=C/c2cccc(C(F)(F)F)c2)c1C. The minimum absolute atomic E-state index is 0.185. The second-order valence-corrected chi connectivity index (χ2v) is 6.18. The molecule has 0 radical (unpaired) electrons. The summed E-state index contributed by atoms with van der Waals surface area (Å²) in [6.45, 7) is 3.91. The van der Waals surface area contributed by atoms with Crippen LogP contribution in [0.25, 0.3) is 6.08 Å². The molecule has 27 heavy (non-hydrogen) atoms. The third kappa shape index (κ3) is 6.10. The number of carbonyl (C=O) groups excluding carboxylic acids is 1. The predicted molar refractivity (Wildman–Crippen MR) is 104 cm³/mol. The van der Waals surface area contributed by atoms with Crippen molar-refractivity contribution < 1.29 is 18.0 Å². The fourth-order valence-corrected chi connectivity index (χ4v) is 2.35. The molecular weight excluding hydrogens is 375 g/mol. The molecule has 0 fully saturated rings. The largest absolute Gasteiger partial charge is 0.416 e. The van der Waals surface area contributed by atoms with Gasteiger partial charge in [0.2, 0.25) is 0 Å². The van der Waals surface area contributed by atoms with E-state index in [-0.39, 0.29) is 10.7 Å². The first-order valence-electron chi connectivity index (χ1n) is 7.95. The maximum absolute atomic E-state index is 12.7. The van der Waals surface area contributed by atoms with Crippen molar-refractivity contribution in [3.63, 3.8) is 0 Å². The predicted octanol–water partition coefficient (Wildman–Crippen LogP) is 4.35. The monoisotopic (exact) mass is 393 g/mol. The number of thiocarbonyl (C=S) groups is 1. The van der Waals surface area contributed by atoms with Gasteiger partial charge in [-0.3, -0.25) is 15.6 Å². The molecule has 1 amide bonds. The zero-order valence-electron chi connectivity index (χ0n) is 14.6. The molecule has 0 unspecified atom stereocenters. The van der Waals surface area contributed by atoms with Crippen molar-refractivity contribution in [2.75, 3.05) is 5.32 Å². The van der Waals surface area contributed by atoms with E-state index in [4.69, 9.17) is 12.2 Å². The summed E-state index contributed by atoms with van der Waals surface area (Å²) in [4.78, 5) is 11.8. The quantitative estimate of drug-likeness (QED) is 0.412. The van der Waals surface area contributed by atoms with Crippen LogP contribution in [0, 0.1) is 13.8 Å². The molecule has 2 aromatic carbocycles. The number of aryl methyl sites for hydroxylation is 1. The third-order valence-electron chi connectivity index (χ3n) is 3.79. The zero-order chi connectivity index (χ0) is 20.0. The molecule has 0 aromatic heterocycles. The molecule has 0 saturated heterocycles. The average molecular weight is 393 g/mol. The van der Waals surface area contributed by atoms with Gasteiger partial charge in [0.25, 0.3) is 5.91 Å². The van der Waals surface area contributed by atoms with Gasteiger partial charge in [0.15, 0.2) is 5.11 Å². The lowest BCUT2D eigenvalue weighted by molar-refractivity contribution is -0.137. The van der Waals surface area contributed by atoms with Gasteiger partial charge in [-0.1, -0.05) is 24.3 Å². The fourth-order valence-electron chi connectivity index (χ4n) is 2.19. The highest BCUT2D eigenvalue weighted by molar-refractivity contribution is 7.80. The standard InChI is InChI=1S/C19H18F3N3OS/c1-12-5-3-8-16(13(12)2)23-18(27)25-24-17(26)10-9-14-6-4-7-15(11-14)19(20,21)22/h3-11H,1-2H3,(H,24,26)(H2,23,25,27)/b10-9+. The minimum atomic E-state index is -4.43. The highest BCUT2D eigenvalue weighted by Crippen LogP contribution is 2.29. The van der Waals surface area contributed by atoms with Gasteiger partial charge in [-0.05, 0) is 67.0 Å². The van der Waals surface area contributed by atoms with Crippen LogP contribution in [-0.2, 0) is 11.0 Å². The summed E-state index contributed by atoms with van der Waals surface area (Å²) < 4.78 is 38.0. The van der Waals surface area contributed by atoms with Crippen molar-refractivity contribution in [1.82, 2.24) is 10.9 Å². The summed E-state index contributed by atoms with van der Waals surface area (Å²) in [6.07, 6.45) is -2.03. The van der Waals surface area contributed by atoms with Crippen LogP contribution in [0.2, 0.25) is 0 Å². The Bertz CT molecular complexity index is 879. The number of nitrogens with one attached hydrogen (secondary N) is 3. The molecular formula is C19H18F3N3OS. The number of alkyl halides is 3. The molecule has 0 atom stereocenters. The van der Waals surface area contributed by atoms with E-state index in [0.717, 1.165) is 35.0 Å². The molecule has 0 heterocycles. The van der Waals surface area contributed by atoms with E-state index < -0.39 is 17.6 Å². The Kier molecular flexibility index (Phi) is 6.57. The molecule has 0 spiro atoms. The number of carbonyl (C=O) groups is 1. The number of anilines is 1. The Morgan fingerprint density at radius 2 is 1.78 bits per heavy atom. The highest BCUT2D eigenvalue weighted by atomic mass is 32.1. The Hall–Kier alpha value is -2.87. The summed E-state index contributed by atoms with van der Waals surface area (Å²) in [5.41, 5.74) is 7.30. The van der Waals surface area contributed by atoms with Crippen LogP contribution in [0.5, 0.6) is 0 Å². The maximum Gasteiger partial charge on any atom is 0.416 e. The summed E-state index contributed by atoms with van der Waals surface area (Å²) in [7, 11) is 0. The number of amides is 1. The Labute approximate surface area is 160 Å². The van der Waals surface area contributed by atoms with Crippen molar-refractivity contribution in [1.29, 1.82) is 0 Å². The number of rotatable bonds is 3. The topological polar surface area (TPSA) is 53.2 Å². The molecule has 0 aliphatic heterocycles. The van der Waals surface area contributed by atoms with Crippen molar-refractivity contribution in [2.45, 2.75) is 20.0 Å². The summed E-state index contributed by atoms with van der Waals surface area (Å²) in [5.74, 6) is -0.558. The lowest BCUT2D eigenvalue weighted by Crippen LogP contribution is -2.43. The molecule has 142 valence electrons. The molecule has 8 heteroatoms. The Morgan fingerprint density at radius 3 is 2.48 bits per heavy atom. The molecule has 0 saturated carbocycles. The summed E-state index contributed by atoms with van der Waals surface area (Å²) in [5, 5.41) is 3.15. The Balaban J connectivity index is 1.90. The van der Waals surface area contributed by atoms with E-state index in [1.54, 1.807) is 0 Å². The normalized spacial score (nSPS) is 11.3. The minimum Gasteiger partial charge on any atom is -0.331 e. The first-order chi connectivity index (χ1) is 12.7. The second-order valence-electron chi connectivity index (χ2n) is 5.77. The van der Waals surface area contributed by atoms with Crippen LogP contribution >= 0.6 is 12.2 Å². The molecule has 4 nitrogen and oxygen atoms in total. The van der Waals surface area contributed by atoms with Crippen LogP contribution in [-0.4, -0.2) is 11.0 Å². The van der Waals surface area contributed by atoms with Gasteiger partial charge in [0, 0.05) is 11.8 Å². The smallest absolute Gasteiger partial charge is 0.331 e. The van der Waals surface area contributed by atoms with Gasteiger partial charge in [0.05, 0.1) is 5.56 Å². The highest BCUT2D eigenvalue weighted by Gasteiger charge is 2.30. The van der Waals surface area contributed by atoms with Gasteiger partial charge in [-0.2, -0.15) is 13.2 Å². The maximum atomic E-state index is 12.7. The van der Waals surface area contributed by atoms with Gasteiger partial charge in [-0.15, -0.1) is 0 Å². The zero-order valence-corrected chi connectivity index (χ0v) is 15.5. The molecule has 0 aliphatic rings. The van der Waals surface area contributed by atoms with E-state index >= 15 is 0 Å². The van der Waals surface area contributed by atoms with Gasteiger partial charge in [0.1, 0.15) is 0 Å². The molecule has 3 N–H and O–H groups in total. The van der Waals surface area contributed by atoms with Gasteiger partial charge >= 0.3 is 6.18 Å². The van der Waals surface area contributed by atoms with Crippen molar-refractivity contribution >= 4 is 35.0 Å². The van der Waals surface area contributed by atoms with E-state index in [1.165, 1.54) is 18.2 Å². The fraction of sp³-hybridized carbons (Fsp3) is 0.158. The summed E-state index contributed by atoms with van der Waals surface area (Å²) in [6, 6.07) is 10.4. The number of halogens is 3. The van der Waals surface area contributed by atoms with Crippen molar-refractivity contribution in [3.05, 3.63) is 70.8 Å². The lowest BCUT2D eigenvalue weighted by atomic mass is 10.1. The average Bonchev–Trinajstić information content (AvgIpc) is 2.61. The number of hydrazine groups is 1. The second kappa shape index (κ2) is 8.68.